The first-order chi connectivity index (χ1) is 44.6. The minimum atomic E-state index is -4.89. The Morgan fingerprint density at radius 1 is 0.537 bits per heavy atom. The molecule has 0 aromatic carbocycles. The first-order valence-electron chi connectivity index (χ1n) is 33.4. The zero-order valence-electron chi connectivity index (χ0n) is 54.5. The quantitative estimate of drug-likeness (QED) is 0.0385. The van der Waals surface area contributed by atoms with Crippen LogP contribution in [-0.2, 0) is 76.2 Å². The Bertz CT molecular complexity index is 2700. The molecule has 0 aromatic rings. The summed E-state index contributed by atoms with van der Waals surface area (Å²) in [5, 5.41) is 167. The summed E-state index contributed by atoms with van der Waals surface area (Å²) in [6, 6.07) is 0. The third kappa shape index (κ3) is 15.3. The van der Waals surface area contributed by atoms with Crippen LogP contribution in [0.5, 0.6) is 0 Å². The van der Waals surface area contributed by atoms with Crippen molar-refractivity contribution in [2.24, 2.45) is 46.3 Å². The Morgan fingerprint density at radius 3 is 1.61 bits per heavy atom. The Balaban J connectivity index is 0.899. The molecular weight excluding hydrogens is 1290 g/mol. The number of hydrogen-bond acceptors (Lipinski definition) is 31. The van der Waals surface area contributed by atoms with Crippen LogP contribution in [0.25, 0.3) is 0 Å². The molecule has 10 aliphatic rings. The van der Waals surface area contributed by atoms with E-state index in [1.54, 1.807) is 0 Å². The van der Waals surface area contributed by atoms with Gasteiger partial charge in [-0.2, -0.15) is 8.42 Å². The molecule has 0 radical (unpaired) electrons. The Hall–Kier alpha value is -1.80. The molecule has 3 saturated carbocycles. The molecule has 95 heavy (non-hydrogen) atoms. The summed E-state index contributed by atoms with van der Waals surface area (Å²) in [5.41, 5.74) is 0.408. The van der Waals surface area contributed by atoms with E-state index in [9.17, 15) is 94.4 Å². The highest BCUT2D eigenvalue weighted by Crippen LogP contribution is 2.67. The molecule has 32 nitrogen and oxygen atoms in total. The third-order valence-corrected chi connectivity index (χ3v) is 22.9. The molecule has 4 aliphatic carbocycles. The third-order valence-electron chi connectivity index (χ3n) is 22.4. The molecule has 6 heterocycles. The summed E-state index contributed by atoms with van der Waals surface area (Å²) >= 11 is 0. The molecule has 0 bridgehead atoms. The lowest BCUT2D eigenvalue weighted by molar-refractivity contribution is -0.402. The first-order valence-corrected chi connectivity index (χ1v) is 34.7. The predicted octanol–water partition coefficient (Wildman–Crippen LogP) is -3.97. The van der Waals surface area contributed by atoms with E-state index in [1.165, 1.54) is 26.3 Å². The van der Waals surface area contributed by atoms with Gasteiger partial charge in [0.25, 0.3) is 0 Å². The van der Waals surface area contributed by atoms with Gasteiger partial charge in [-0.25, -0.2) is 4.18 Å². The normalized spacial score (nSPS) is 51.7. The van der Waals surface area contributed by atoms with Gasteiger partial charge < -0.3 is 133 Å². The lowest BCUT2D eigenvalue weighted by Gasteiger charge is -2.59. The standard InChI is InChI=1S/C62H102O32S/c1-22(2)15-27(65)16-23(3)30-9-10-31-29-18-34(33-17-28(94-95(79,80)81)11-13-62(33,8)32(29)12-14-61(30,31)7)86-57-49(77)52(40(68)25(5)84-57)91-59-53(92-55-47(75)44(72)38(66)24(4)83-55)43(71)37(21-82-59)89-60-54(46(74)42(70)36(20-64)88-60)93-58-50(78)51(39(67)26(6)85-58)90-56-48(76)45(73)41(69)35(19-63)87-56/h12,22-26,28-31,33-60,63-64,66-78H,9-11,13-21H2,1-8H3,(H,79,80,81)/t23-,24-,25-,26+,28+,29+,30-,31+,33-,34+,35-,36-,37-,38-,39+,40-,41+,42+,43+,44+,45+,46+,47-,48-,49-,50-,51+,52+,53-,54-,55-,56+,57-,58-,59+,60+,61-,62-/m1/s1. The van der Waals surface area contributed by atoms with Gasteiger partial charge in [0.05, 0.1) is 50.3 Å². The van der Waals surface area contributed by atoms with Gasteiger partial charge in [-0.05, 0) is 112 Å². The topological polar surface area (TPSA) is 495 Å². The Kier molecular flexibility index (Phi) is 24.2. The van der Waals surface area contributed by atoms with Crippen molar-refractivity contribution in [3.63, 3.8) is 0 Å². The number of fused-ring (bicyclic) bond motifs is 5. The van der Waals surface area contributed by atoms with Crippen LogP contribution in [-0.4, -0.2) is 306 Å². The Morgan fingerprint density at radius 2 is 1.03 bits per heavy atom. The molecule has 16 N–H and O–H groups in total. The number of Topliss-reactive ketones (excluding diaryl/α,β-unsaturated/α-hetero) is 1. The average Bonchev–Trinajstić information content (AvgIpc) is 1.70. The molecule has 548 valence electrons. The fraction of sp³-hybridized carbons (Fsp3) is 0.952. The Labute approximate surface area is 551 Å². The van der Waals surface area contributed by atoms with Gasteiger partial charge in [0.2, 0.25) is 0 Å². The number of aliphatic hydroxyl groups excluding tert-OH is 15. The molecule has 33 heteroatoms. The number of rotatable bonds is 21. The van der Waals surface area contributed by atoms with Gasteiger partial charge in [0.15, 0.2) is 37.7 Å². The van der Waals surface area contributed by atoms with Crippen molar-refractivity contribution in [2.75, 3.05) is 19.8 Å². The van der Waals surface area contributed by atoms with Crippen molar-refractivity contribution in [1.29, 1.82) is 0 Å². The van der Waals surface area contributed by atoms with E-state index in [1.807, 2.05) is 13.8 Å². The van der Waals surface area contributed by atoms with Crippen LogP contribution >= 0.6 is 0 Å². The second-order valence-electron chi connectivity index (χ2n) is 29.2. The summed E-state index contributed by atoms with van der Waals surface area (Å²) in [6.07, 6.45) is -46.4. The largest absolute Gasteiger partial charge is 0.397 e. The van der Waals surface area contributed by atoms with E-state index in [4.69, 9.17) is 61.0 Å². The maximum absolute atomic E-state index is 13.2. The summed E-state index contributed by atoms with van der Waals surface area (Å²) in [4.78, 5) is 13.2. The highest BCUT2D eigenvalue weighted by Gasteiger charge is 2.63. The van der Waals surface area contributed by atoms with Crippen molar-refractivity contribution >= 4 is 16.2 Å². The van der Waals surface area contributed by atoms with E-state index < -0.39 is 232 Å². The van der Waals surface area contributed by atoms with E-state index >= 15 is 0 Å². The number of allylic oxidation sites excluding steroid dienone is 2. The van der Waals surface area contributed by atoms with E-state index in [0.717, 1.165) is 19.3 Å². The van der Waals surface area contributed by atoms with Crippen molar-refractivity contribution in [3.05, 3.63) is 11.6 Å². The zero-order chi connectivity index (χ0) is 69.4. The van der Waals surface area contributed by atoms with Gasteiger partial charge in [-0.15, -0.1) is 0 Å². The lowest BCUT2D eigenvalue weighted by atomic mass is 9.47. The van der Waals surface area contributed by atoms with Crippen LogP contribution < -0.4 is 0 Å². The zero-order valence-corrected chi connectivity index (χ0v) is 55.3. The fourth-order valence-corrected chi connectivity index (χ4v) is 17.7. The van der Waals surface area contributed by atoms with Crippen molar-refractivity contribution in [3.8, 4) is 0 Å². The predicted molar refractivity (Wildman–Crippen MR) is 317 cm³/mol. The first kappa shape index (κ1) is 75.9. The summed E-state index contributed by atoms with van der Waals surface area (Å²) in [7, 11) is -4.89. The van der Waals surface area contributed by atoms with E-state index in [2.05, 4.69) is 26.8 Å². The highest BCUT2D eigenvalue weighted by molar-refractivity contribution is 7.80. The number of aliphatic hydroxyl groups is 15. The molecule has 6 saturated heterocycles. The summed E-state index contributed by atoms with van der Waals surface area (Å²) in [6.45, 7) is 12.3. The van der Waals surface area contributed by atoms with Crippen molar-refractivity contribution in [1.82, 2.24) is 0 Å². The molecule has 6 aliphatic heterocycles. The molecule has 0 spiro atoms. The number of ketones is 1. The maximum atomic E-state index is 13.2. The number of hydrogen-bond donors (Lipinski definition) is 16. The molecule has 9 fully saturated rings. The monoisotopic (exact) mass is 1390 g/mol. The van der Waals surface area contributed by atoms with E-state index in [0.29, 0.717) is 25.7 Å². The van der Waals surface area contributed by atoms with Gasteiger partial charge in [-0.3, -0.25) is 9.35 Å². The molecule has 38 atom stereocenters. The minimum absolute atomic E-state index is 0.0583. The smallest absolute Gasteiger partial charge is 0.394 e. The molecule has 0 unspecified atom stereocenters. The molecular formula is C62H102O32S. The minimum Gasteiger partial charge on any atom is -0.394 e. The van der Waals surface area contributed by atoms with Gasteiger partial charge in [0.1, 0.15) is 128 Å². The SMILES string of the molecule is CC(C)CC(=O)C[C@@H](C)[C@H]1CC[C@H]2[C@@H]3C[C@H](O[C@H]4O[C@H](C)[C@@H](O)[C@H](O[C@@H]5OC[C@@H](O[C@@H]6O[C@H](CO)[C@H](O)[C@H](O)[C@H]6O[C@H]6O[C@@H](C)[C@H](O)[C@H](O[C@@H]7O[C@H](CO)[C@H](O)[C@H](O)[C@H]7O)[C@H]6O)[C@H](O)[C@H]5O[C@H]5O[C@H](C)[C@@H](O)[C@H](O)[C@H]5O)[C@H]4O)[C@H]4C[C@@H](OS(=O)(=O)O)CC[C@]4(C)C3=CC[C@]12C. The van der Waals surface area contributed by atoms with Gasteiger partial charge in [-0.1, -0.05) is 46.3 Å². The fourth-order valence-electron chi connectivity index (χ4n) is 17.2. The van der Waals surface area contributed by atoms with Crippen molar-refractivity contribution in [2.45, 2.75) is 304 Å². The second-order valence-corrected chi connectivity index (χ2v) is 30.2. The lowest BCUT2D eigenvalue weighted by Crippen LogP contribution is -2.67. The number of carbonyl (C=O) groups is 1. The molecule has 10 rings (SSSR count). The molecule has 0 aromatic heterocycles. The van der Waals surface area contributed by atoms with Crippen LogP contribution in [0, 0.1) is 46.3 Å². The summed E-state index contributed by atoms with van der Waals surface area (Å²) < 4.78 is 113. The summed E-state index contributed by atoms with van der Waals surface area (Å²) in [5.74, 6) is 0.421. The number of carbonyl (C=O) groups excluding carboxylic acids is 1. The molecule has 0 amide bonds. The number of ether oxygens (including phenoxy) is 12. The van der Waals surface area contributed by atoms with Crippen LogP contribution in [0.1, 0.15) is 113 Å². The van der Waals surface area contributed by atoms with Crippen LogP contribution in [0.15, 0.2) is 11.6 Å². The highest BCUT2D eigenvalue weighted by atomic mass is 32.3. The van der Waals surface area contributed by atoms with Gasteiger partial charge in [0, 0.05) is 12.8 Å². The van der Waals surface area contributed by atoms with Crippen LogP contribution in [0.3, 0.4) is 0 Å². The van der Waals surface area contributed by atoms with Crippen LogP contribution in [0.4, 0.5) is 0 Å². The van der Waals surface area contributed by atoms with Crippen LogP contribution in [0.2, 0.25) is 0 Å². The van der Waals surface area contributed by atoms with E-state index in [-0.39, 0.29) is 53.6 Å². The maximum Gasteiger partial charge on any atom is 0.397 e. The second kappa shape index (κ2) is 30.3. The average molecular weight is 1390 g/mol. The van der Waals surface area contributed by atoms with Gasteiger partial charge >= 0.3 is 10.4 Å². The van der Waals surface area contributed by atoms with Crippen molar-refractivity contribution < 1.29 is 155 Å².